The van der Waals surface area contributed by atoms with E-state index in [0.717, 1.165) is 11.5 Å². The van der Waals surface area contributed by atoms with Gasteiger partial charge in [0.25, 0.3) is 0 Å². The Morgan fingerprint density at radius 1 is 1.36 bits per heavy atom. The summed E-state index contributed by atoms with van der Waals surface area (Å²) in [4.78, 5) is 11.3. The largest absolute Gasteiger partial charge is 0.460 e. The molecule has 0 aliphatic carbocycles. The van der Waals surface area contributed by atoms with Gasteiger partial charge < -0.3 is 4.74 Å². The van der Waals surface area contributed by atoms with Gasteiger partial charge in [0.1, 0.15) is 5.60 Å². The highest BCUT2D eigenvalue weighted by molar-refractivity contribution is 7.99. The van der Waals surface area contributed by atoms with E-state index in [-0.39, 0.29) is 11.6 Å². The van der Waals surface area contributed by atoms with Crippen LogP contribution in [0.15, 0.2) is 0 Å². The first-order chi connectivity index (χ1) is 6.31. The van der Waals surface area contributed by atoms with Crippen molar-refractivity contribution in [2.24, 2.45) is 5.92 Å². The molecular formula is C11H22O2S. The first kappa shape index (κ1) is 13.8. The van der Waals surface area contributed by atoms with Crippen LogP contribution in [0.1, 0.15) is 41.0 Å². The van der Waals surface area contributed by atoms with Gasteiger partial charge in [-0.15, -0.1) is 0 Å². The molecule has 0 aromatic carbocycles. The zero-order valence-corrected chi connectivity index (χ0v) is 10.7. The molecular weight excluding hydrogens is 196 g/mol. The van der Waals surface area contributed by atoms with Crippen LogP contribution in [0.2, 0.25) is 0 Å². The summed E-state index contributed by atoms with van der Waals surface area (Å²) in [6, 6.07) is 0. The van der Waals surface area contributed by atoms with Gasteiger partial charge in [-0.25, -0.2) is 0 Å². The zero-order chi connectivity index (χ0) is 11.2. The summed E-state index contributed by atoms with van der Waals surface area (Å²) in [7, 11) is 0. The van der Waals surface area contributed by atoms with Gasteiger partial charge >= 0.3 is 5.97 Å². The second-order valence-corrected chi connectivity index (χ2v) is 5.96. The highest BCUT2D eigenvalue weighted by Crippen LogP contribution is 2.12. The maximum absolute atomic E-state index is 11.3. The smallest absolute Gasteiger partial charge is 0.307 e. The third-order valence-corrected chi connectivity index (χ3v) is 2.72. The van der Waals surface area contributed by atoms with Crippen LogP contribution >= 0.6 is 11.8 Å². The van der Waals surface area contributed by atoms with Gasteiger partial charge in [-0.3, -0.25) is 4.79 Å². The van der Waals surface area contributed by atoms with Crippen LogP contribution in [0.4, 0.5) is 0 Å². The van der Waals surface area contributed by atoms with Crippen molar-refractivity contribution in [1.29, 1.82) is 0 Å². The van der Waals surface area contributed by atoms with E-state index >= 15 is 0 Å². The predicted octanol–water partition coefficient (Wildman–Crippen LogP) is 3.11. The Balaban J connectivity index is 3.46. The van der Waals surface area contributed by atoms with Gasteiger partial charge in [-0.2, -0.15) is 11.8 Å². The minimum Gasteiger partial charge on any atom is -0.460 e. The summed E-state index contributed by atoms with van der Waals surface area (Å²) in [5, 5.41) is 0. The van der Waals surface area contributed by atoms with Crippen molar-refractivity contribution >= 4 is 17.7 Å². The van der Waals surface area contributed by atoms with E-state index in [4.69, 9.17) is 4.74 Å². The minimum atomic E-state index is -0.347. The highest BCUT2D eigenvalue weighted by Gasteiger charge is 2.15. The molecule has 0 aliphatic rings. The molecule has 0 saturated heterocycles. The normalized spacial score (nSPS) is 11.9. The van der Waals surface area contributed by atoms with Gasteiger partial charge in [0, 0.05) is 5.75 Å². The van der Waals surface area contributed by atoms with Gasteiger partial charge in [0.15, 0.2) is 0 Å². The molecule has 0 amide bonds. The Bertz CT molecular complexity index is 171. The van der Waals surface area contributed by atoms with Gasteiger partial charge in [-0.05, 0) is 32.4 Å². The molecule has 0 saturated carbocycles. The maximum atomic E-state index is 11.3. The van der Waals surface area contributed by atoms with E-state index in [0.29, 0.717) is 12.3 Å². The average molecular weight is 218 g/mol. The van der Waals surface area contributed by atoms with Crippen LogP contribution in [-0.2, 0) is 9.53 Å². The van der Waals surface area contributed by atoms with Gasteiger partial charge in [-0.1, -0.05) is 13.8 Å². The zero-order valence-electron chi connectivity index (χ0n) is 9.92. The summed E-state index contributed by atoms with van der Waals surface area (Å²) in [6.45, 7) is 10.0. The van der Waals surface area contributed by atoms with Gasteiger partial charge in [0.05, 0.1) is 6.42 Å². The standard InChI is InChI=1S/C11H22O2S/c1-9(2)8-14-7-6-10(12)13-11(3,4)5/h9H,6-8H2,1-5H3. The second kappa shape index (κ2) is 6.33. The average Bonchev–Trinajstić information content (AvgIpc) is 1.94. The summed E-state index contributed by atoms with van der Waals surface area (Å²) in [6.07, 6.45) is 0.522. The third kappa shape index (κ3) is 9.90. The first-order valence-electron chi connectivity index (χ1n) is 5.11. The molecule has 0 fully saturated rings. The van der Waals surface area contributed by atoms with E-state index < -0.39 is 0 Å². The van der Waals surface area contributed by atoms with Crippen molar-refractivity contribution in [2.45, 2.75) is 46.6 Å². The van der Waals surface area contributed by atoms with Crippen molar-refractivity contribution in [3.8, 4) is 0 Å². The van der Waals surface area contributed by atoms with E-state index in [1.165, 1.54) is 0 Å². The van der Waals surface area contributed by atoms with E-state index in [1.54, 1.807) is 0 Å². The summed E-state index contributed by atoms with van der Waals surface area (Å²) >= 11 is 1.81. The lowest BCUT2D eigenvalue weighted by Crippen LogP contribution is -2.24. The molecule has 0 unspecified atom stereocenters. The lowest BCUT2D eigenvalue weighted by Gasteiger charge is -2.19. The molecule has 0 rings (SSSR count). The van der Waals surface area contributed by atoms with Crippen LogP contribution in [-0.4, -0.2) is 23.1 Å². The van der Waals surface area contributed by atoms with Crippen molar-refractivity contribution in [1.82, 2.24) is 0 Å². The number of rotatable bonds is 5. The number of carbonyl (C=O) groups is 1. The molecule has 0 bridgehead atoms. The Labute approximate surface area is 91.8 Å². The SMILES string of the molecule is CC(C)CSCCC(=O)OC(C)(C)C. The molecule has 0 aromatic heterocycles. The molecule has 0 N–H and O–H groups in total. The van der Waals surface area contributed by atoms with Crippen molar-refractivity contribution < 1.29 is 9.53 Å². The second-order valence-electron chi connectivity index (χ2n) is 4.81. The Morgan fingerprint density at radius 2 is 1.93 bits per heavy atom. The van der Waals surface area contributed by atoms with E-state index in [2.05, 4.69) is 13.8 Å². The first-order valence-corrected chi connectivity index (χ1v) is 6.26. The number of thioether (sulfide) groups is 1. The molecule has 2 nitrogen and oxygen atoms in total. The molecule has 0 atom stereocenters. The molecule has 0 radical (unpaired) electrons. The lowest BCUT2D eigenvalue weighted by atomic mass is 10.2. The van der Waals surface area contributed by atoms with Gasteiger partial charge in [0.2, 0.25) is 0 Å². The molecule has 84 valence electrons. The van der Waals surface area contributed by atoms with Crippen LogP contribution in [0.25, 0.3) is 0 Å². The molecule has 0 spiro atoms. The van der Waals surface area contributed by atoms with E-state index in [9.17, 15) is 4.79 Å². The number of carbonyl (C=O) groups excluding carboxylic acids is 1. The van der Waals surface area contributed by atoms with Crippen LogP contribution < -0.4 is 0 Å². The summed E-state index contributed by atoms with van der Waals surface area (Å²) in [5.41, 5.74) is -0.347. The fourth-order valence-electron chi connectivity index (χ4n) is 0.867. The van der Waals surface area contributed by atoms with Crippen molar-refractivity contribution in [3.05, 3.63) is 0 Å². The van der Waals surface area contributed by atoms with Crippen LogP contribution in [0.5, 0.6) is 0 Å². The number of ether oxygens (including phenoxy) is 1. The molecule has 0 aliphatic heterocycles. The quantitative estimate of drug-likeness (QED) is 0.524. The number of hydrogen-bond acceptors (Lipinski definition) is 3. The van der Waals surface area contributed by atoms with Crippen molar-refractivity contribution in [3.63, 3.8) is 0 Å². The fraction of sp³-hybridized carbons (Fsp3) is 0.909. The molecule has 0 heterocycles. The summed E-state index contributed by atoms with van der Waals surface area (Å²) < 4.78 is 5.19. The Hall–Kier alpha value is -0.180. The van der Waals surface area contributed by atoms with E-state index in [1.807, 2.05) is 32.5 Å². The Kier molecular flexibility index (Phi) is 6.25. The number of esters is 1. The van der Waals surface area contributed by atoms with Crippen LogP contribution in [0.3, 0.4) is 0 Å². The monoisotopic (exact) mass is 218 g/mol. The predicted molar refractivity (Wildman–Crippen MR) is 62.6 cm³/mol. The number of hydrogen-bond donors (Lipinski definition) is 0. The summed E-state index contributed by atoms with van der Waals surface area (Å²) in [5.74, 6) is 2.59. The highest BCUT2D eigenvalue weighted by atomic mass is 32.2. The maximum Gasteiger partial charge on any atom is 0.307 e. The molecule has 0 aromatic rings. The Morgan fingerprint density at radius 3 is 2.36 bits per heavy atom. The van der Waals surface area contributed by atoms with Crippen LogP contribution in [0, 0.1) is 5.92 Å². The lowest BCUT2D eigenvalue weighted by molar-refractivity contribution is -0.154. The molecule has 14 heavy (non-hydrogen) atoms. The minimum absolute atomic E-state index is 0.0891. The van der Waals surface area contributed by atoms with Crippen molar-refractivity contribution in [2.75, 3.05) is 11.5 Å². The molecule has 3 heteroatoms. The third-order valence-electron chi connectivity index (χ3n) is 1.32. The fourth-order valence-corrected chi connectivity index (χ4v) is 1.82. The topological polar surface area (TPSA) is 26.3 Å².